The molecule has 1 aromatic carbocycles. The first-order valence-electron chi connectivity index (χ1n) is 9.34. The molecule has 146 valence electrons. The predicted octanol–water partition coefficient (Wildman–Crippen LogP) is 4.96. The van der Waals surface area contributed by atoms with Crippen LogP contribution in [0, 0.1) is 6.92 Å². The van der Waals surface area contributed by atoms with Gasteiger partial charge in [0.05, 0.1) is 35.1 Å². The average Bonchev–Trinajstić information content (AvgIpc) is 3.18. The first kappa shape index (κ1) is 18.6. The summed E-state index contributed by atoms with van der Waals surface area (Å²) in [6, 6.07) is 5.28. The SMILES string of the molecule is COc1ccc2c(Nc3c(C)cncc3Cl)cc(=O)[nH]c2c1OC1CCCC1. The molecule has 4 rings (SSSR count). The Morgan fingerprint density at radius 1 is 1.25 bits per heavy atom. The van der Waals surface area contributed by atoms with Crippen molar-refractivity contribution in [1.82, 2.24) is 9.97 Å². The Labute approximate surface area is 167 Å². The minimum absolute atomic E-state index is 0.136. The van der Waals surface area contributed by atoms with Gasteiger partial charge in [0, 0.05) is 23.8 Å². The second kappa shape index (κ2) is 7.72. The zero-order chi connectivity index (χ0) is 19.7. The lowest BCUT2D eigenvalue weighted by Crippen LogP contribution is -2.14. The average molecular weight is 400 g/mol. The van der Waals surface area contributed by atoms with Crippen LogP contribution >= 0.6 is 11.6 Å². The Balaban J connectivity index is 1.85. The quantitative estimate of drug-likeness (QED) is 0.634. The van der Waals surface area contributed by atoms with E-state index in [-0.39, 0.29) is 11.7 Å². The number of methoxy groups -OCH3 is 1. The number of hydrogen-bond acceptors (Lipinski definition) is 5. The summed E-state index contributed by atoms with van der Waals surface area (Å²) in [4.78, 5) is 19.4. The van der Waals surface area contributed by atoms with Gasteiger partial charge in [0.15, 0.2) is 11.5 Å². The maximum atomic E-state index is 12.4. The minimum Gasteiger partial charge on any atom is -0.493 e. The molecule has 1 fully saturated rings. The number of hydrogen-bond donors (Lipinski definition) is 2. The summed E-state index contributed by atoms with van der Waals surface area (Å²) in [6.07, 6.45) is 7.75. The molecule has 1 aliphatic rings. The highest BCUT2D eigenvalue weighted by Gasteiger charge is 2.21. The normalized spacial score (nSPS) is 14.4. The van der Waals surface area contributed by atoms with Crippen LogP contribution in [0.1, 0.15) is 31.2 Å². The second-order valence-corrected chi connectivity index (χ2v) is 7.44. The molecule has 6 nitrogen and oxygen atoms in total. The van der Waals surface area contributed by atoms with Crippen LogP contribution in [0.3, 0.4) is 0 Å². The van der Waals surface area contributed by atoms with Gasteiger partial charge in [-0.2, -0.15) is 0 Å². The van der Waals surface area contributed by atoms with Gasteiger partial charge in [-0.25, -0.2) is 0 Å². The zero-order valence-electron chi connectivity index (χ0n) is 15.8. The van der Waals surface area contributed by atoms with Gasteiger partial charge in [-0.3, -0.25) is 9.78 Å². The molecule has 0 unspecified atom stereocenters. The molecule has 2 N–H and O–H groups in total. The minimum atomic E-state index is -0.234. The largest absolute Gasteiger partial charge is 0.493 e. The molecule has 0 spiro atoms. The third-order valence-corrected chi connectivity index (χ3v) is 5.38. The summed E-state index contributed by atoms with van der Waals surface area (Å²) in [5, 5.41) is 4.60. The van der Waals surface area contributed by atoms with Gasteiger partial charge in [-0.05, 0) is 50.3 Å². The number of aromatic nitrogens is 2. The van der Waals surface area contributed by atoms with Crippen LogP contribution in [0.25, 0.3) is 10.9 Å². The van der Waals surface area contributed by atoms with E-state index in [1.807, 2.05) is 19.1 Å². The number of ether oxygens (including phenoxy) is 2. The van der Waals surface area contributed by atoms with Crippen molar-refractivity contribution in [3.05, 3.63) is 51.5 Å². The Morgan fingerprint density at radius 2 is 2.04 bits per heavy atom. The monoisotopic (exact) mass is 399 g/mol. The molecule has 2 heterocycles. The second-order valence-electron chi connectivity index (χ2n) is 7.03. The summed E-state index contributed by atoms with van der Waals surface area (Å²) in [6.45, 7) is 1.91. The number of H-pyrrole nitrogens is 1. The maximum Gasteiger partial charge on any atom is 0.250 e. The summed E-state index contributed by atoms with van der Waals surface area (Å²) >= 11 is 6.31. The van der Waals surface area contributed by atoms with E-state index in [0.29, 0.717) is 27.7 Å². The van der Waals surface area contributed by atoms with Crippen LogP contribution in [-0.4, -0.2) is 23.2 Å². The predicted molar refractivity (Wildman–Crippen MR) is 111 cm³/mol. The Kier molecular flexibility index (Phi) is 5.13. The lowest BCUT2D eigenvalue weighted by molar-refractivity contribution is 0.203. The summed E-state index contributed by atoms with van der Waals surface area (Å²) in [7, 11) is 1.60. The Morgan fingerprint density at radius 3 is 2.75 bits per heavy atom. The van der Waals surface area contributed by atoms with Gasteiger partial charge < -0.3 is 19.8 Å². The zero-order valence-corrected chi connectivity index (χ0v) is 16.6. The molecule has 0 aliphatic heterocycles. The maximum absolute atomic E-state index is 12.4. The molecule has 3 aromatic rings. The van der Waals surface area contributed by atoms with Crippen molar-refractivity contribution in [2.45, 2.75) is 38.7 Å². The first-order valence-corrected chi connectivity index (χ1v) is 9.72. The summed E-state index contributed by atoms with van der Waals surface area (Å²) < 4.78 is 11.8. The van der Waals surface area contributed by atoms with E-state index < -0.39 is 0 Å². The van der Waals surface area contributed by atoms with Gasteiger partial charge >= 0.3 is 0 Å². The van der Waals surface area contributed by atoms with Crippen molar-refractivity contribution in [2.75, 3.05) is 12.4 Å². The Hall–Kier alpha value is -2.73. The molecule has 1 aliphatic carbocycles. The number of anilines is 2. The van der Waals surface area contributed by atoms with Crippen LogP contribution in [0.4, 0.5) is 11.4 Å². The molecule has 1 saturated carbocycles. The standard InChI is InChI=1S/C21H22ClN3O3/c1-12-10-23-11-15(22)19(12)24-16-9-18(26)25-20-14(16)7-8-17(27-2)21(20)28-13-5-3-4-6-13/h7-11,13H,3-6H2,1-2H3,(H2,23,24,25,26). The van der Waals surface area contributed by atoms with Gasteiger partial charge in [-0.15, -0.1) is 0 Å². The summed E-state index contributed by atoms with van der Waals surface area (Å²) in [5.41, 5.74) is 2.63. The van der Waals surface area contributed by atoms with Crippen molar-refractivity contribution in [3.8, 4) is 11.5 Å². The number of halogens is 1. The Bertz CT molecular complexity index is 1050. The number of aryl methyl sites for hydroxylation is 1. The number of benzene rings is 1. The molecular weight excluding hydrogens is 378 g/mol. The van der Waals surface area contributed by atoms with Crippen LogP contribution in [0.2, 0.25) is 5.02 Å². The van der Waals surface area contributed by atoms with E-state index in [1.165, 1.54) is 6.07 Å². The highest BCUT2D eigenvalue weighted by molar-refractivity contribution is 6.33. The molecule has 0 radical (unpaired) electrons. The van der Waals surface area contributed by atoms with Crippen molar-refractivity contribution in [2.24, 2.45) is 0 Å². The van der Waals surface area contributed by atoms with Crippen LogP contribution < -0.4 is 20.3 Å². The topological polar surface area (TPSA) is 76.2 Å². The number of nitrogens with one attached hydrogen (secondary N) is 2. The van der Waals surface area contributed by atoms with E-state index in [4.69, 9.17) is 21.1 Å². The number of rotatable bonds is 5. The highest BCUT2D eigenvalue weighted by atomic mass is 35.5. The number of aromatic amines is 1. The van der Waals surface area contributed by atoms with Gasteiger partial charge in [0.1, 0.15) is 0 Å². The third kappa shape index (κ3) is 3.52. The molecule has 28 heavy (non-hydrogen) atoms. The number of pyridine rings is 2. The molecule has 7 heteroatoms. The van der Waals surface area contributed by atoms with E-state index in [9.17, 15) is 4.79 Å². The fourth-order valence-corrected chi connectivity index (χ4v) is 3.91. The molecular formula is C21H22ClN3O3. The lowest BCUT2D eigenvalue weighted by Gasteiger charge is -2.19. The van der Waals surface area contributed by atoms with E-state index in [1.54, 1.807) is 19.5 Å². The van der Waals surface area contributed by atoms with Crippen molar-refractivity contribution in [3.63, 3.8) is 0 Å². The van der Waals surface area contributed by atoms with Gasteiger partial charge in [0.2, 0.25) is 0 Å². The van der Waals surface area contributed by atoms with Crippen LogP contribution in [0.15, 0.2) is 35.4 Å². The van der Waals surface area contributed by atoms with Crippen molar-refractivity contribution in [1.29, 1.82) is 0 Å². The van der Waals surface area contributed by atoms with Crippen LogP contribution in [0.5, 0.6) is 11.5 Å². The van der Waals surface area contributed by atoms with Crippen molar-refractivity contribution >= 4 is 33.9 Å². The van der Waals surface area contributed by atoms with Gasteiger partial charge in [0.25, 0.3) is 5.56 Å². The number of nitrogens with zero attached hydrogens (tertiary/aromatic N) is 1. The number of fused-ring (bicyclic) bond motifs is 1. The molecule has 0 saturated heterocycles. The molecule has 0 amide bonds. The first-order chi connectivity index (χ1) is 13.6. The van der Waals surface area contributed by atoms with Crippen LogP contribution in [-0.2, 0) is 0 Å². The van der Waals surface area contributed by atoms with E-state index >= 15 is 0 Å². The fraction of sp³-hybridized carbons (Fsp3) is 0.333. The highest BCUT2D eigenvalue weighted by Crippen LogP contribution is 2.40. The molecule has 0 bridgehead atoms. The lowest BCUT2D eigenvalue weighted by atomic mass is 10.1. The van der Waals surface area contributed by atoms with Gasteiger partial charge in [-0.1, -0.05) is 11.6 Å². The smallest absolute Gasteiger partial charge is 0.250 e. The summed E-state index contributed by atoms with van der Waals surface area (Å²) in [5.74, 6) is 1.18. The van der Waals surface area contributed by atoms with E-state index in [0.717, 1.165) is 42.3 Å². The van der Waals surface area contributed by atoms with Crippen molar-refractivity contribution < 1.29 is 9.47 Å². The van der Waals surface area contributed by atoms with E-state index in [2.05, 4.69) is 15.3 Å². The fourth-order valence-electron chi connectivity index (χ4n) is 3.66. The molecule has 0 atom stereocenters. The molecule has 2 aromatic heterocycles. The third-order valence-electron chi connectivity index (χ3n) is 5.09.